The fourth-order valence-electron chi connectivity index (χ4n) is 1.39. The number of terminal acetylenes is 1. The first kappa shape index (κ1) is 15.6. The summed E-state index contributed by atoms with van der Waals surface area (Å²) in [6, 6.07) is 2.79. The van der Waals surface area contributed by atoms with Gasteiger partial charge in [0.2, 0.25) is 0 Å². The summed E-state index contributed by atoms with van der Waals surface area (Å²) in [7, 11) is 0. The van der Waals surface area contributed by atoms with Gasteiger partial charge in [0.1, 0.15) is 0 Å². The molecule has 0 bridgehead atoms. The van der Waals surface area contributed by atoms with Gasteiger partial charge in [-0.15, -0.1) is 6.42 Å². The smallest absolute Gasteiger partial charge is 0.338 e. The Morgan fingerprint density at radius 1 is 1.53 bits per heavy atom. The molecule has 2 nitrogen and oxygen atoms in total. The minimum Gasteiger partial charge on any atom is -0.338 e. The van der Waals surface area contributed by atoms with E-state index in [1.807, 2.05) is 0 Å². The number of hydrogen-bond acceptors (Lipinski definition) is 1. The third-order valence-corrected chi connectivity index (χ3v) is 3.14. The molecular formula is C13H11BrF3NO. The molecule has 0 aliphatic carbocycles. The van der Waals surface area contributed by atoms with Crippen LogP contribution in [-0.2, 0) is 6.18 Å². The molecule has 0 fully saturated rings. The molecule has 0 radical (unpaired) electrons. The van der Waals surface area contributed by atoms with Gasteiger partial charge in [0, 0.05) is 10.0 Å². The molecule has 0 spiro atoms. The maximum absolute atomic E-state index is 12.7. The molecule has 1 aromatic rings. The van der Waals surface area contributed by atoms with Crippen LogP contribution >= 0.6 is 15.9 Å². The molecule has 1 unspecified atom stereocenters. The standard InChI is InChI=1S/C13H11BrF3NO/c1-3-9(4-2)18-12(19)8-5-6-11(14)10(7-8)13(15,16)17/h1,5-7,9H,4H2,2H3,(H,18,19). The Kier molecular flexibility index (Phi) is 5.01. The van der Waals surface area contributed by atoms with Gasteiger partial charge in [0.15, 0.2) is 0 Å². The number of rotatable bonds is 3. The Labute approximate surface area is 117 Å². The lowest BCUT2D eigenvalue weighted by molar-refractivity contribution is -0.138. The Bertz CT molecular complexity index is 520. The number of amides is 1. The van der Waals surface area contributed by atoms with Crippen LogP contribution in [-0.4, -0.2) is 11.9 Å². The van der Waals surface area contributed by atoms with Gasteiger partial charge in [-0.3, -0.25) is 4.79 Å². The van der Waals surface area contributed by atoms with E-state index in [1.165, 1.54) is 12.1 Å². The maximum Gasteiger partial charge on any atom is 0.417 e. The lowest BCUT2D eigenvalue weighted by Gasteiger charge is -2.13. The van der Waals surface area contributed by atoms with Gasteiger partial charge in [0.25, 0.3) is 5.91 Å². The number of carbonyl (C=O) groups excluding carboxylic acids is 1. The van der Waals surface area contributed by atoms with Crippen LogP contribution in [0.5, 0.6) is 0 Å². The molecule has 1 aromatic carbocycles. The SMILES string of the molecule is C#CC(CC)NC(=O)c1ccc(Br)c(C(F)(F)F)c1. The second-order valence-corrected chi connectivity index (χ2v) is 4.65. The predicted octanol–water partition coefficient (Wildman–Crippen LogP) is 3.61. The summed E-state index contributed by atoms with van der Waals surface area (Å²) in [5, 5.41) is 2.47. The van der Waals surface area contributed by atoms with Gasteiger partial charge in [-0.1, -0.05) is 28.8 Å². The summed E-state index contributed by atoms with van der Waals surface area (Å²) in [5.74, 6) is 1.72. The van der Waals surface area contributed by atoms with Crippen LogP contribution in [0.15, 0.2) is 22.7 Å². The zero-order valence-corrected chi connectivity index (χ0v) is 11.6. The number of nitrogens with one attached hydrogen (secondary N) is 1. The van der Waals surface area contributed by atoms with Crippen LogP contribution in [0.4, 0.5) is 13.2 Å². The Balaban J connectivity index is 3.03. The predicted molar refractivity (Wildman–Crippen MR) is 69.5 cm³/mol. The average Bonchev–Trinajstić information content (AvgIpc) is 2.34. The van der Waals surface area contributed by atoms with Gasteiger partial charge >= 0.3 is 6.18 Å². The first-order valence-electron chi connectivity index (χ1n) is 5.43. The van der Waals surface area contributed by atoms with Crippen LogP contribution in [0.25, 0.3) is 0 Å². The third kappa shape index (κ3) is 4.00. The highest BCUT2D eigenvalue weighted by Crippen LogP contribution is 2.35. The number of benzene rings is 1. The van der Waals surface area contributed by atoms with Crippen LogP contribution < -0.4 is 5.32 Å². The lowest BCUT2D eigenvalue weighted by atomic mass is 10.1. The highest BCUT2D eigenvalue weighted by molar-refractivity contribution is 9.10. The summed E-state index contributed by atoms with van der Waals surface area (Å²) < 4.78 is 38.0. The number of hydrogen-bond donors (Lipinski definition) is 1. The van der Waals surface area contributed by atoms with Crippen molar-refractivity contribution in [1.82, 2.24) is 5.32 Å². The highest BCUT2D eigenvalue weighted by Gasteiger charge is 2.33. The van der Waals surface area contributed by atoms with Crippen molar-refractivity contribution in [2.24, 2.45) is 0 Å². The molecule has 1 atom stereocenters. The summed E-state index contributed by atoms with van der Waals surface area (Å²) in [4.78, 5) is 11.8. The summed E-state index contributed by atoms with van der Waals surface area (Å²) in [5.41, 5.74) is -0.974. The van der Waals surface area contributed by atoms with Crippen molar-refractivity contribution in [3.05, 3.63) is 33.8 Å². The van der Waals surface area contributed by atoms with Crippen molar-refractivity contribution in [3.63, 3.8) is 0 Å². The Hall–Kier alpha value is -1.48. The normalized spacial score (nSPS) is 12.6. The lowest BCUT2D eigenvalue weighted by Crippen LogP contribution is -2.33. The van der Waals surface area contributed by atoms with E-state index < -0.39 is 23.7 Å². The molecular weight excluding hydrogens is 323 g/mol. The number of alkyl halides is 3. The summed E-state index contributed by atoms with van der Waals surface area (Å²) in [6.45, 7) is 1.77. The first-order chi connectivity index (χ1) is 8.79. The molecule has 19 heavy (non-hydrogen) atoms. The van der Waals surface area contributed by atoms with Gasteiger partial charge in [-0.2, -0.15) is 13.2 Å². The van der Waals surface area contributed by atoms with E-state index in [2.05, 4.69) is 27.2 Å². The van der Waals surface area contributed by atoms with Crippen molar-refractivity contribution >= 4 is 21.8 Å². The zero-order chi connectivity index (χ0) is 14.6. The van der Waals surface area contributed by atoms with Crippen molar-refractivity contribution in [1.29, 1.82) is 0 Å². The molecule has 6 heteroatoms. The summed E-state index contributed by atoms with van der Waals surface area (Å²) >= 11 is 2.81. The third-order valence-electron chi connectivity index (χ3n) is 2.45. The minimum atomic E-state index is -4.52. The van der Waals surface area contributed by atoms with Crippen molar-refractivity contribution < 1.29 is 18.0 Å². The van der Waals surface area contributed by atoms with E-state index in [-0.39, 0.29) is 10.0 Å². The van der Waals surface area contributed by atoms with E-state index in [9.17, 15) is 18.0 Å². The van der Waals surface area contributed by atoms with Gasteiger partial charge < -0.3 is 5.32 Å². The van der Waals surface area contributed by atoms with E-state index in [1.54, 1.807) is 6.92 Å². The molecule has 102 valence electrons. The number of halogens is 4. The largest absolute Gasteiger partial charge is 0.417 e. The molecule has 0 saturated carbocycles. The van der Waals surface area contributed by atoms with Gasteiger partial charge in [-0.25, -0.2) is 0 Å². The monoisotopic (exact) mass is 333 g/mol. The molecule has 1 rings (SSSR count). The fourth-order valence-corrected chi connectivity index (χ4v) is 1.86. The summed E-state index contributed by atoms with van der Waals surface area (Å²) in [6.07, 6.45) is 1.16. The Morgan fingerprint density at radius 2 is 2.16 bits per heavy atom. The molecule has 1 N–H and O–H groups in total. The highest BCUT2D eigenvalue weighted by atomic mass is 79.9. The van der Waals surface area contributed by atoms with Crippen LogP contribution in [0.2, 0.25) is 0 Å². The van der Waals surface area contributed by atoms with Crippen LogP contribution in [0.3, 0.4) is 0 Å². The quantitative estimate of drug-likeness (QED) is 0.841. The minimum absolute atomic E-state index is 0.0794. The molecule has 0 saturated heterocycles. The number of carbonyl (C=O) groups is 1. The maximum atomic E-state index is 12.7. The van der Waals surface area contributed by atoms with Crippen molar-refractivity contribution in [3.8, 4) is 12.3 Å². The van der Waals surface area contributed by atoms with E-state index in [4.69, 9.17) is 6.42 Å². The van der Waals surface area contributed by atoms with Gasteiger partial charge in [0.05, 0.1) is 11.6 Å². The second kappa shape index (κ2) is 6.11. The average molecular weight is 334 g/mol. The van der Waals surface area contributed by atoms with Crippen LogP contribution in [0, 0.1) is 12.3 Å². The van der Waals surface area contributed by atoms with Crippen molar-refractivity contribution in [2.75, 3.05) is 0 Å². The molecule has 0 aromatic heterocycles. The topological polar surface area (TPSA) is 29.1 Å². The molecule has 1 amide bonds. The first-order valence-corrected chi connectivity index (χ1v) is 6.22. The van der Waals surface area contributed by atoms with E-state index in [0.717, 1.165) is 6.07 Å². The molecule has 0 heterocycles. The second-order valence-electron chi connectivity index (χ2n) is 3.79. The van der Waals surface area contributed by atoms with E-state index in [0.29, 0.717) is 6.42 Å². The zero-order valence-electron chi connectivity index (χ0n) is 10.0. The van der Waals surface area contributed by atoms with E-state index >= 15 is 0 Å². The Morgan fingerprint density at radius 3 is 2.63 bits per heavy atom. The van der Waals surface area contributed by atoms with Crippen LogP contribution in [0.1, 0.15) is 29.3 Å². The molecule has 0 aliphatic rings. The molecule has 0 aliphatic heterocycles. The fraction of sp³-hybridized carbons (Fsp3) is 0.308. The van der Waals surface area contributed by atoms with Crippen molar-refractivity contribution in [2.45, 2.75) is 25.6 Å². The van der Waals surface area contributed by atoms with Gasteiger partial charge in [-0.05, 0) is 24.6 Å².